The van der Waals surface area contributed by atoms with Crippen molar-refractivity contribution >= 4 is 23.8 Å². The molecule has 1 rings (SSSR count). The molecule has 0 heterocycles. The number of nitrogens with one attached hydrogen (secondary N) is 2. The SMILES string of the molecule is C#Cc1ccc(C(C(=O)NC(C)CCC)N(CCCCCCCC)C(=O)C(CC(N)=O)NC(=O)OC(C)(C)C)cc1. The van der Waals surface area contributed by atoms with Crippen LogP contribution < -0.4 is 16.4 Å². The van der Waals surface area contributed by atoms with Crippen molar-refractivity contribution in [2.45, 2.75) is 123 Å². The molecule has 41 heavy (non-hydrogen) atoms. The maximum Gasteiger partial charge on any atom is 0.408 e. The lowest BCUT2D eigenvalue weighted by Gasteiger charge is -2.35. The largest absolute Gasteiger partial charge is 0.444 e. The number of amides is 4. The van der Waals surface area contributed by atoms with Gasteiger partial charge in [0.1, 0.15) is 17.7 Å². The molecule has 0 aromatic heterocycles. The van der Waals surface area contributed by atoms with Crippen LogP contribution in [0, 0.1) is 12.3 Å². The Kier molecular flexibility index (Phi) is 15.6. The highest BCUT2D eigenvalue weighted by Crippen LogP contribution is 2.25. The number of carbonyl (C=O) groups excluding carboxylic acids is 4. The van der Waals surface area contributed by atoms with E-state index in [1.807, 2.05) is 13.8 Å². The Morgan fingerprint density at radius 2 is 1.59 bits per heavy atom. The lowest BCUT2D eigenvalue weighted by molar-refractivity contribution is -0.143. The molecule has 0 saturated carbocycles. The molecule has 0 spiro atoms. The molecule has 0 saturated heterocycles. The van der Waals surface area contributed by atoms with Crippen LogP contribution >= 0.6 is 0 Å². The molecule has 0 radical (unpaired) electrons. The van der Waals surface area contributed by atoms with E-state index in [1.54, 1.807) is 45.0 Å². The van der Waals surface area contributed by atoms with E-state index in [0.717, 1.165) is 44.9 Å². The van der Waals surface area contributed by atoms with Crippen LogP contribution in [0.2, 0.25) is 0 Å². The number of benzene rings is 1. The van der Waals surface area contributed by atoms with E-state index in [1.165, 1.54) is 4.90 Å². The molecule has 1 aromatic rings. The summed E-state index contributed by atoms with van der Waals surface area (Å²) >= 11 is 0. The second-order valence-corrected chi connectivity index (χ2v) is 11.5. The molecular weight excluding hydrogens is 520 g/mol. The first-order valence-electron chi connectivity index (χ1n) is 14.8. The maximum atomic E-state index is 14.1. The van der Waals surface area contributed by atoms with Gasteiger partial charge >= 0.3 is 6.09 Å². The molecule has 0 aliphatic heterocycles. The summed E-state index contributed by atoms with van der Waals surface area (Å²) in [5.74, 6) is 0.856. The van der Waals surface area contributed by atoms with Gasteiger partial charge in [-0.15, -0.1) is 6.42 Å². The summed E-state index contributed by atoms with van der Waals surface area (Å²) in [5.41, 5.74) is 5.87. The zero-order valence-corrected chi connectivity index (χ0v) is 25.8. The number of nitrogens with zero attached hydrogens (tertiary/aromatic N) is 1. The summed E-state index contributed by atoms with van der Waals surface area (Å²) in [6, 6.07) is 4.46. The number of hydrogen-bond donors (Lipinski definition) is 3. The van der Waals surface area contributed by atoms with E-state index >= 15 is 0 Å². The van der Waals surface area contributed by atoms with Crippen LogP contribution in [0.25, 0.3) is 0 Å². The summed E-state index contributed by atoms with van der Waals surface area (Å²) in [4.78, 5) is 54.0. The van der Waals surface area contributed by atoms with Crippen molar-refractivity contribution in [3.8, 4) is 12.3 Å². The van der Waals surface area contributed by atoms with Crippen LogP contribution in [0.3, 0.4) is 0 Å². The average Bonchev–Trinajstić information content (AvgIpc) is 2.88. The number of terminal acetylenes is 1. The number of primary amides is 1. The molecule has 4 N–H and O–H groups in total. The smallest absolute Gasteiger partial charge is 0.408 e. The van der Waals surface area contributed by atoms with Crippen molar-refractivity contribution in [3.63, 3.8) is 0 Å². The van der Waals surface area contributed by atoms with Crippen molar-refractivity contribution in [1.82, 2.24) is 15.5 Å². The van der Waals surface area contributed by atoms with Crippen LogP contribution in [0.5, 0.6) is 0 Å². The van der Waals surface area contributed by atoms with Crippen LogP contribution in [0.4, 0.5) is 4.79 Å². The Bertz CT molecular complexity index is 1030. The van der Waals surface area contributed by atoms with Gasteiger partial charge in [-0.05, 0) is 58.2 Å². The van der Waals surface area contributed by atoms with Gasteiger partial charge in [0.2, 0.25) is 17.7 Å². The topological polar surface area (TPSA) is 131 Å². The normalized spacial score (nSPS) is 13.3. The van der Waals surface area contributed by atoms with Crippen molar-refractivity contribution in [2.75, 3.05) is 6.54 Å². The van der Waals surface area contributed by atoms with Gasteiger partial charge in [-0.2, -0.15) is 0 Å². The second-order valence-electron chi connectivity index (χ2n) is 11.5. The van der Waals surface area contributed by atoms with Crippen molar-refractivity contribution in [3.05, 3.63) is 35.4 Å². The summed E-state index contributed by atoms with van der Waals surface area (Å²) < 4.78 is 5.34. The van der Waals surface area contributed by atoms with Crippen LogP contribution in [-0.2, 0) is 19.1 Å². The number of nitrogens with two attached hydrogens (primary N) is 1. The highest BCUT2D eigenvalue weighted by atomic mass is 16.6. The standard InChI is InChI=1S/C32H50N4O5/c1-8-11-12-13-14-15-21-36(30(39)26(22-27(33)37)35-31(40)41-32(5,6)7)28(29(38)34-23(4)16-9-2)25-19-17-24(10-3)18-20-25/h3,17-20,23,26,28H,8-9,11-16,21-22H2,1-2,4-7H3,(H2,33,37)(H,34,38)(H,35,40). The van der Waals surface area contributed by atoms with Gasteiger partial charge in [0.05, 0.1) is 6.42 Å². The lowest BCUT2D eigenvalue weighted by Crippen LogP contribution is -2.54. The Labute approximate surface area is 246 Å². The first-order valence-corrected chi connectivity index (χ1v) is 14.8. The second kappa shape index (κ2) is 18.0. The van der Waals surface area contributed by atoms with Gasteiger partial charge in [0.25, 0.3) is 0 Å². The molecule has 9 heteroatoms. The van der Waals surface area contributed by atoms with Crippen molar-refractivity contribution < 1.29 is 23.9 Å². The third kappa shape index (κ3) is 13.6. The van der Waals surface area contributed by atoms with Crippen molar-refractivity contribution in [2.24, 2.45) is 5.73 Å². The fraction of sp³-hybridized carbons (Fsp3) is 0.625. The Hall–Kier alpha value is -3.54. The van der Waals surface area contributed by atoms with E-state index in [-0.39, 0.29) is 18.5 Å². The van der Waals surface area contributed by atoms with E-state index in [9.17, 15) is 19.2 Å². The van der Waals surface area contributed by atoms with E-state index in [0.29, 0.717) is 17.5 Å². The van der Waals surface area contributed by atoms with Gasteiger partial charge in [-0.1, -0.05) is 70.4 Å². The number of unbranched alkanes of at least 4 members (excludes halogenated alkanes) is 5. The van der Waals surface area contributed by atoms with E-state index in [2.05, 4.69) is 23.5 Å². The maximum absolute atomic E-state index is 14.1. The van der Waals surface area contributed by atoms with E-state index in [4.69, 9.17) is 16.9 Å². The number of carbonyl (C=O) groups is 4. The fourth-order valence-electron chi connectivity index (χ4n) is 4.54. The first-order chi connectivity index (χ1) is 19.3. The van der Waals surface area contributed by atoms with E-state index < -0.39 is 42.0 Å². The third-order valence-electron chi connectivity index (χ3n) is 6.49. The molecule has 0 aliphatic carbocycles. The predicted molar refractivity (Wildman–Crippen MR) is 162 cm³/mol. The molecule has 228 valence electrons. The monoisotopic (exact) mass is 570 g/mol. The number of alkyl carbamates (subject to hydrolysis) is 1. The first kappa shape index (κ1) is 35.5. The minimum atomic E-state index is -1.31. The zero-order chi connectivity index (χ0) is 31.0. The average molecular weight is 571 g/mol. The fourth-order valence-corrected chi connectivity index (χ4v) is 4.54. The van der Waals surface area contributed by atoms with Gasteiger partial charge in [-0.25, -0.2) is 4.79 Å². The molecule has 3 atom stereocenters. The minimum absolute atomic E-state index is 0.118. The number of rotatable bonds is 17. The molecule has 0 bridgehead atoms. The van der Waals surface area contributed by atoms with Crippen LogP contribution in [-0.4, -0.2) is 52.9 Å². The Balaban J connectivity index is 3.51. The molecule has 9 nitrogen and oxygen atoms in total. The quantitative estimate of drug-likeness (QED) is 0.180. The number of ether oxygens (including phenoxy) is 1. The Morgan fingerprint density at radius 1 is 0.976 bits per heavy atom. The van der Waals surface area contributed by atoms with Gasteiger partial charge in [0.15, 0.2) is 0 Å². The summed E-state index contributed by atoms with van der Waals surface area (Å²) in [5, 5.41) is 5.55. The number of hydrogen-bond acceptors (Lipinski definition) is 5. The van der Waals surface area contributed by atoms with Gasteiger partial charge in [0, 0.05) is 18.2 Å². The summed E-state index contributed by atoms with van der Waals surface area (Å²) in [6.07, 6.45) is 11.7. The van der Waals surface area contributed by atoms with Crippen molar-refractivity contribution in [1.29, 1.82) is 0 Å². The third-order valence-corrected chi connectivity index (χ3v) is 6.49. The van der Waals surface area contributed by atoms with Gasteiger partial charge in [-0.3, -0.25) is 14.4 Å². The van der Waals surface area contributed by atoms with Gasteiger partial charge < -0.3 is 26.0 Å². The summed E-state index contributed by atoms with van der Waals surface area (Å²) in [7, 11) is 0. The predicted octanol–water partition coefficient (Wildman–Crippen LogP) is 4.97. The molecule has 4 amide bonds. The van der Waals surface area contributed by atoms with Crippen LogP contribution in [0.1, 0.15) is 116 Å². The molecule has 0 fully saturated rings. The highest BCUT2D eigenvalue weighted by molar-refractivity contribution is 5.94. The minimum Gasteiger partial charge on any atom is -0.444 e. The summed E-state index contributed by atoms with van der Waals surface area (Å²) in [6.45, 7) is 11.4. The zero-order valence-electron chi connectivity index (χ0n) is 25.8. The molecule has 0 aliphatic rings. The van der Waals surface area contributed by atoms with Crippen LogP contribution in [0.15, 0.2) is 24.3 Å². The Morgan fingerprint density at radius 3 is 2.12 bits per heavy atom. The molecule has 3 unspecified atom stereocenters. The molecule has 1 aromatic carbocycles. The highest BCUT2D eigenvalue weighted by Gasteiger charge is 2.37. The molecular formula is C32H50N4O5. The lowest BCUT2D eigenvalue weighted by atomic mass is 9.99.